The van der Waals surface area contributed by atoms with Crippen molar-refractivity contribution < 1.29 is 14.2 Å². The lowest BCUT2D eigenvalue weighted by Gasteiger charge is -2.29. The van der Waals surface area contributed by atoms with Crippen LogP contribution in [0.1, 0.15) is 0 Å². The zero-order valence-electron chi connectivity index (χ0n) is 12.8. The molecule has 2 saturated heterocycles. The first kappa shape index (κ1) is 15.3. The summed E-state index contributed by atoms with van der Waals surface area (Å²) in [6.07, 6.45) is 0. The molecule has 0 atom stereocenters. The van der Waals surface area contributed by atoms with E-state index in [4.69, 9.17) is 14.2 Å². The maximum Gasteiger partial charge on any atom is 0.252 e. The minimum absolute atomic E-state index is 0.134. The van der Waals surface area contributed by atoms with Gasteiger partial charge in [-0.15, -0.1) is 0 Å². The molecule has 0 bridgehead atoms. The lowest BCUT2D eigenvalue weighted by Crippen LogP contribution is -2.38. The largest absolute Gasteiger partial charge is 0.477 e. The summed E-state index contributed by atoms with van der Waals surface area (Å²) in [5.74, 6) is 0.530. The molecule has 1 aromatic rings. The molecule has 3 heterocycles. The number of aromatic nitrogens is 1. The minimum Gasteiger partial charge on any atom is -0.477 e. The Morgan fingerprint density at radius 2 is 1.73 bits per heavy atom. The van der Waals surface area contributed by atoms with Crippen LogP contribution >= 0.6 is 0 Å². The van der Waals surface area contributed by atoms with E-state index in [-0.39, 0.29) is 5.56 Å². The van der Waals surface area contributed by atoms with Crippen LogP contribution < -0.4 is 15.2 Å². The molecular weight excluding hydrogens is 286 g/mol. The number of nitrogens with zero attached hydrogens (tertiary/aromatic N) is 2. The number of H-pyrrole nitrogens is 1. The Morgan fingerprint density at radius 1 is 1.05 bits per heavy atom. The van der Waals surface area contributed by atoms with Gasteiger partial charge in [0.25, 0.3) is 5.56 Å². The van der Waals surface area contributed by atoms with E-state index in [0.717, 1.165) is 51.6 Å². The topological polar surface area (TPSA) is 67.0 Å². The smallest absolute Gasteiger partial charge is 0.252 e. The highest BCUT2D eigenvalue weighted by atomic mass is 16.5. The van der Waals surface area contributed by atoms with Crippen LogP contribution in [0.25, 0.3) is 0 Å². The monoisotopic (exact) mass is 309 g/mol. The van der Waals surface area contributed by atoms with Gasteiger partial charge in [0.1, 0.15) is 6.61 Å². The molecule has 0 amide bonds. The maximum absolute atomic E-state index is 11.8. The fraction of sp³-hybridized carbons (Fsp3) is 0.667. The predicted octanol–water partition coefficient (Wildman–Crippen LogP) is -0.0775. The number of anilines is 1. The van der Waals surface area contributed by atoms with E-state index in [2.05, 4.69) is 14.8 Å². The molecule has 0 aromatic carbocycles. The number of ether oxygens (including phenoxy) is 3. The molecule has 1 N–H and O–H groups in total. The van der Waals surface area contributed by atoms with Gasteiger partial charge in [0.15, 0.2) is 5.88 Å². The fourth-order valence-corrected chi connectivity index (χ4v) is 2.70. The summed E-state index contributed by atoms with van der Waals surface area (Å²) in [5.41, 5.74) is 0.763. The van der Waals surface area contributed by atoms with Crippen LogP contribution in [0.2, 0.25) is 0 Å². The van der Waals surface area contributed by atoms with Crippen molar-refractivity contribution >= 4 is 5.69 Å². The van der Waals surface area contributed by atoms with E-state index in [0.29, 0.717) is 25.7 Å². The van der Waals surface area contributed by atoms with E-state index < -0.39 is 0 Å². The average Bonchev–Trinajstić information content (AvgIpc) is 2.56. The SMILES string of the molecule is O=c1cc(N2CCOCC2)cc(OCCN2CCOCC2)[nH]1. The third-order valence-corrected chi connectivity index (χ3v) is 3.95. The second-order valence-electron chi connectivity index (χ2n) is 5.47. The summed E-state index contributed by atoms with van der Waals surface area (Å²) < 4.78 is 16.4. The van der Waals surface area contributed by atoms with Gasteiger partial charge in [-0.3, -0.25) is 14.7 Å². The number of hydrogen-bond acceptors (Lipinski definition) is 6. The second-order valence-corrected chi connectivity index (χ2v) is 5.47. The highest BCUT2D eigenvalue weighted by molar-refractivity contribution is 5.48. The summed E-state index contributed by atoms with van der Waals surface area (Å²) in [6, 6.07) is 3.51. The maximum atomic E-state index is 11.8. The lowest BCUT2D eigenvalue weighted by atomic mass is 10.3. The predicted molar refractivity (Wildman–Crippen MR) is 82.8 cm³/mol. The average molecular weight is 309 g/mol. The van der Waals surface area contributed by atoms with Crippen LogP contribution in [0.4, 0.5) is 5.69 Å². The third kappa shape index (κ3) is 4.22. The molecule has 2 aliphatic rings. The Kier molecular flexibility index (Phi) is 5.31. The van der Waals surface area contributed by atoms with E-state index in [1.165, 1.54) is 0 Å². The highest BCUT2D eigenvalue weighted by Gasteiger charge is 2.14. The van der Waals surface area contributed by atoms with Crippen LogP contribution in [-0.4, -0.2) is 75.6 Å². The standard InChI is InChI=1S/C15H23N3O4/c19-14-11-13(18-4-8-21-9-5-18)12-15(16-14)22-10-3-17-1-6-20-7-2-17/h11-12H,1-10H2,(H,16,19). The minimum atomic E-state index is -0.134. The van der Waals surface area contributed by atoms with Gasteiger partial charge >= 0.3 is 0 Å². The molecule has 0 aliphatic carbocycles. The molecule has 22 heavy (non-hydrogen) atoms. The fourth-order valence-electron chi connectivity index (χ4n) is 2.70. The number of rotatable bonds is 5. The summed E-state index contributed by atoms with van der Waals surface area (Å²) in [7, 11) is 0. The van der Waals surface area contributed by atoms with Crippen molar-refractivity contribution in [2.24, 2.45) is 0 Å². The first-order valence-electron chi connectivity index (χ1n) is 7.81. The second kappa shape index (κ2) is 7.62. The van der Waals surface area contributed by atoms with Crippen molar-refractivity contribution in [3.05, 3.63) is 22.5 Å². The zero-order chi connectivity index (χ0) is 15.2. The number of nitrogens with one attached hydrogen (secondary N) is 1. The Labute approximate surface area is 129 Å². The van der Waals surface area contributed by atoms with Crippen LogP contribution in [0, 0.1) is 0 Å². The van der Waals surface area contributed by atoms with E-state index in [1.807, 2.05) is 6.07 Å². The van der Waals surface area contributed by atoms with Crippen LogP contribution in [0.3, 0.4) is 0 Å². The van der Waals surface area contributed by atoms with Crippen LogP contribution in [0.5, 0.6) is 5.88 Å². The van der Waals surface area contributed by atoms with Crippen LogP contribution in [0.15, 0.2) is 16.9 Å². The van der Waals surface area contributed by atoms with Gasteiger partial charge in [-0.25, -0.2) is 0 Å². The van der Waals surface area contributed by atoms with Gasteiger partial charge in [0.2, 0.25) is 0 Å². The Bertz CT molecular complexity index is 522. The molecule has 2 fully saturated rings. The van der Waals surface area contributed by atoms with Gasteiger partial charge in [-0.2, -0.15) is 0 Å². The van der Waals surface area contributed by atoms with Crippen molar-refractivity contribution in [2.75, 3.05) is 70.7 Å². The van der Waals surface area contributed by atoms with Gasteiger partial charge in [-0.1, -0.05) is 0 Å². The Hall–Kier alpha value is -1.57. The number of pyridine rings is 1. The quantitative estimate of drug-likeness (QED) is 0.821. The summed E-state index contributed by atoms with van der Waals surface area (Å²) >= 11 is 0. The normalized spacial score (nSPS) is 20.1. The van der Waals surface area contributed by atoms with Crippen molar-refractivity contribution in [3.63, 3.8) is 0 Å². The van der Waals surface area contributed by atoms with Crippen molar-refractivity contribution in [2.45, 2.75) is 0 Å². The van der Waals surface area contributed by atoms with Crippen LogP contribution in [-0.2, 0) is 9.47 Å². The molecule has 0 saturated carbocycles. The zero-order valence-corrected chi connectivity index (χ0v) is 12.8. The first-order valence-corrected chi connectivity index (χ1v) is 7.81. The van der Waals surface area contributed by atoms with Crippen molar-refractivity contribution in [3.8, 4) is 5.88 Å². The molecule has 1 aromatic heterocycles. The summed E-state index contributed by atoms with van der Waals surface area (Å²) in [6.45, 7) is 7.83. The molecule has 0 unspecified atom stereocenters. The highest BCUT2D eigenvalue weighted by Crippen LogP contribution is 2.17. The molecule has 122 valence electrons. The first-order chi connectivity index (χ1) is 10.8. The molecule has 7 heteroatoms. The Balaban J connectivity index is 1.56. The van der Waals surface area contributed by atoms with E-state index >= 15 is 0 Å². The molecule has 7 nitrogen and oxygen atoms in total. The number of hydrogen-bond donors (Lipinski definition) is 1. The lowest BCUT2D eigenvalue weighted by molar-refractivity contribution is 0.0320. The number of morpholine rings is 2. The molecule has 2 aliphatic heterocycles. The summed E-state index contributed by atoms with van der Waals surface area (Å²) in [5, 5.41) is 0. The molecular formula is C15H23N3O4. The molecule has 0 radical (unpaired) electrons. The van der Waals surface area contributed by atoms with E-state index in [1.54, 1.807) is 6.07 Å². The van der Waals surface area contributed by atoms with Gasteiger partial charge in [-0.05, 0) is 0 Å². The van der Waals surface area contributed by atoms with Gasteiger partial charge < -0.3 is 19.1 Å². The van der Waals surface area contributed by atoms with Crippen molar-refractivity contribution in [1.29, 1.82) is 0 Å². The molecule has 0 spiro atoms. The Morgan fingerprint density at radius 3 is 2.45 bits per heavy atom. The van der Waals surface area contributed by atoms with Gasteiger partial charge in [0, 0.05) is 50.5 Å². The van der Waals surface area contributed by atoms with E-state index in [9.17, 15) is 4.79 Å². The third-order valence-electron chi connectivity index (χ3n) is 3.95. The summed E-state index contributed by atoms with van der Waals surface area (Å²) in [4.78, 5) is 19.0. The molecule has 3 rings (SSSR count). The van der Waals surface area contributed by atoms with Crippen molar-refractivity contribution in [1.82, 2.24) is 9.88 Å². The number of aromatic amines is 1. The van der Waals surface area contributed by atoms with Gasteiger partial charge in [0.05, 0.1) is 26.4 Å².